The number of aryl methyl sites for hydroxylation is 2. The molecule has 0 radical (unpaired) electrons. The van der Waals surface area contributed by atoms with E-state index in [1.54, 1.807) is 19.1 Å². The van der Waals surface area contributed by atoms with Crippen molar-refractivity contribution in [3.05, 3.63) is 95.2 Å². The molecule has 1 N–H and O–H groups in total. The molecule has 3 aromatic rings. The van der Waals surface area contributed by atoms with Crippen molar-refractivity contribution >= 4 is 17.3 Å². The number of carbonyl (C=O) groups is 1. The van der Waals surface area contributed by atoms with Crippen LogP contribution in [0.4, 0.5) is 11.4 Å². The number of ether oxygens (including phenoxy) is 2. The maximum absolute atomic E-state index is 13.5. The first kappa shape index (κ1) is 20.5. The Kier molecular flexibility index (Phi) is 5.67. The van der Waals surface area contributed by atoms with Gasteiger partial charge >= 0.3 is 0 Å². The standard InChI is InChI=1S/C26H26N2O3/c1-17-5-9-19(10-6-17)27-23-16-24(22-15-21(30-3)13-14-25(22)31-4)28(26(23)29)20-11-7-18(2)8-12-20/h5-16,24,27H,1-4H3/t24-/m1/s1. The molecule has 1 aliphatic rings. The molecule has 4 rings (SSSR count). The Morgan fingerprint density at radius 1 is 0.839 bits per heavy atom. The molecule has 0 aliphatic carbocycles. The average Bonchev–Trinajstić information content (AvgIpc) is 3.11. The highest BCUT2D eigenvalue weighted by molar-refractivity contribution is 6.11. The Balaban J connectivity index is 1.79. The molecule has 158 valence electrons. The first-order chi connectivity index (χ1) is 15.0. The van der Waals surface area contributed by atoms with E-state index in [0.717, 1.165) is 28.1 Å². The zero-order chi connectivity index (χ0) is 22.0. The maximum atomic E-state index is 13.5. The third-order valence-corrected chi connectivity index (χ3v) is 5.45. The second kappa shape index (κ2) is 8.56. The SMILES string of the molecule is COc1ccc(OC)c([C@H]2C=C(Nc3ccc(C)cc3)C(=O)N2c2ccc(C)cc2)c1. The van der Waals surface area contributed by atoms with Gasteiger partial charge in [0.25, 0.3) is 5.91 Å². The molecule has 0 bridgehead atoms. The average molecular weight is 415 g/mol. The second-order valence-electron chi connectivity index (χ2n) is 7.63. The molecule has 1 amide bonds. The van der Waals surface area contributed by atoms with Crippen LogP contribution in [-0.2, 0) is 4.79 Å². The van der Waals surface area contributed by atoms with E-state index in [1.165, 1.54) is 0 Å². The lowest BCUT2D eigenvalue weighted by atomic mass is 10.0. The summed E-state index contributed by atoms with van der Waals surface area (Å²) in [7, 11) is 3.26. The van der Waals surface area contributed by atoms with Crippen molar-refractivity contribution in [2.45, 2.75) is 19.9 Å². The highest BCUT2D eigenvalue weighted by atomic mass is 16.5. The molecule has 1 heterocycles. The number of benzene rings is 3. The summed E-state index contributed by atoms with van der Waals surface area (Å²) in [5.41, 5.74) is 5.37. The van der Waals surface area contributed by atoms with Gasteiger partial charge in [-0.2, -0.15) is 0 Å². The highest BCUT2D eigenvalue weighted by Crippen LogP contribution is 2.41. The number of amides is 1. The van der Waals surface area contributed by atoms with Crippen molar-refractivity contribution in [3.63, 3.8) is 0 Å². The fraction of sp³-hybridized carbons (Fsp3) is 0.192. The number of hydrogen-bond acceptors (Lipinski definition) is 4. The lowest BCUT2D eigenvalue weighted by molar-refractivity contribution is -0.114. The van der Waals surface area contributed by atoms with Gasteiger partial charge in [-0.3, -0.25) is 9.69 Å². The summed E-state index contributed by atoms with van der Waals surface area (Å²) in [6.45, 7) is 4.06. The fourth-order valence-electron chi connectivity index (χ4n) is 3.73. The molecule has 5 nitrogen and oxygen atoms in total. The Morgan fingerprint density at radius 2 is 1.48 bits per heavy atom. The van der Waals surface area contributed by atoms with Crippen LogP contribution in [0.1, 0.15) is 22.7 Å². The lowest BCUT2D eigenvalue weighted by Gasteiger charge is -2.27. The summed E-state index contributed by atoms with van der Waals surface area (Å²) < 4.78 is 11.1. The third kappa shape index (κ3) is 4.12. The predicted molar refractivity (Wildman–Crippen MR) is 124 cm³/mol. The maximum Gasteiger partial charge on any atom is 0.275 e. The number of anilines is 2. The van der Waals surface area contributed by atoms with E-state index in [-0.39, 0.29) is 11.9 Å². The predicted octanol–water partition coefficient (Wildman–Crippen LogP) is 5.40. The first-order valence-corrected chi connectivity index (χ1v) is 10.2. The van der Waals surface area contributed by atoms with Crippen LogP contribution in [0.15, 0.2) is 78.5 Å². The van der Waals surface area contributed by atoms with Gasteiger partial charge in [-0.15, -0.1) is 0 Å². The molecule has 0 fully saturated rings. The third-order valence-electron chi connectivity index (χ3n) is 5.45. The van der Waals surface area contributed by atoms with Crippen molar-refractivity contribution in [1.82, 2.24) is 0 Å². The smallest absolute Gasteiger partial charge is 0.275 e. The highest BCUT2D eigenvalue weighted by Gasteiger charge is 2.36. The zero-order valence-corrected chi connectivity index (χ0v) is 18.2. The molecule has 3 aromatic carbocycles. The van der Waals surface area contributed by atoms with Crippen molar-refractivity contribution in [1.29, 1.82) is 0 Å². The summed E-state index contributed by atoms with van der Waals surface area (Å²) >= 11 is 0. The molecule has 0 saturated heterocycles. The van der Waals surface area contributed by atoms with Crippen LogP contribution in [0.25, 0.3) is 0 Å². The summed E-state index contributed by atoms with van der Waals surface area (Å²) in [6.07, 6.45) is 1.94. The minimum Gasteiger partial charge on any atom is -0.497 e. The quantitative estimate of drug-likeness (QED) is 0.586. The fourth-order valence-corrected chi connectivity index (χ4v) is 3.73. The van der Waals surface area contributed by atoms with E-state index in [4.69, 9.17) is 9.47 Å². The molecule has 31 heavy (non-hydrogen) atoms. The minimum absolute atomic E-state index is 0.0979. The molecule has 0 aromatic heterocycles. The van der Waals surface area contributed by atoms with Crippen LogP contribution >= 0.6 is 0 Å². The Labute approximate surface area is 182 Å². The van der Waals surface area contributed by atoms with Crippen LogP contribution in [0.5, 0.6) is 11.5 Å². The Morgan fingerprint density at radius 3 is 2.10 bits per heavy atom. The van der Waals surface area contributed by atoms with Gasteiger partial charge < -0.3 is 14.8 Å². The Bertz CT molecular complexity index is 1120. The van der Waals surface area contributed by atoms with Crippen molar-refractivity contribution < 1.29 is 14.3 Å². The molecule has 0 saturated carbocycles. The van der Waals surface area contributed by atoms with Crippen molar-refractivity contribution in [2.75, 3.05) is 24.4 Å². The van der Waals surface area contributed by atoms with Crippen molar-refractivity contribution in [2.24, 2.45) is 0 Å². The molecular weight excluding hydrogens is 388 g/mol. The number of nitrogens with one attached hydrogen (secondary N) is 1. The van der Waals surface area contributed by atoms with Gasteiger partial charge in [0.2, 0.25) is 0 Å². The number of rotatable bonds is 6. The van der Waals surface area contributed by atoms with Crippen LogP contribution in [0, 0.1) is 13.8 Å². The summed E-state index contributed by atoms with van der Waals surface area (Å²) in [5, 5.41) is 3.29. The number of carbonyl (C=O) groups excluding carboxylic acids is 1. The normalized spacial score (nSPS) is 15.6. The van der Waals surface area contributed by atoms with E-state index in [1.807, 2.05) is 86.7 Å². The van der Waals surface area contributed by atoms with Crippen LogP contribution < -0.4 is 19.7 Å². The summed E-state index contributed by atoms with van der Waals surface area (Å²) in [5.74, 6) is 1.31. The largest absolute Gasteiger partial charge is 0.497 e. The van der Waals surface area contributed by atoms with Gasteiger partial charge in [-0.05, 0) is 62.4 Å². The van der Waals surface area contributed by atoms with Gasteiger partial charge in [-0.25, -0.2) is 0 Å². The van der Waals surface area contributed by atoms with Crippen LogP contribution in [-0.4, -0.2) is 20.1 Å². The minimum atomic E-state index is -0.340. The number of hydrogen-bond donors (Lipinski definition) is 1. The van der Waals surface area contributed by atoms with E-state index in [2.05, 4.69) is 5.32 Å². The monoisotopic (exact) mass is 414 g/mol. The second-order valence-corrected chi connectivity index (χ2v) is 7.63. The van der Waals surface area contributed by atoms with Crippen LogP contribution in [0.3, 0.4) is 0 Å². The van der Waals surface area contributed by atoms with Gasteiger partial charge in [0, 0.05) is 16.9 Å². The van der Waals surface area contributed by atoms with Gasteiger partial charge in [0.15, 0.2) is 0 Å². The molecule has 1 atom stereocenters. The number of nitrogens with zero attached hydrogens (tertiary/aromatic N) is 1. The van der Waals surface area contributed by atoms with Gasteiger partial charge in [0.05, 0.1) is 20.3 Å². The summed E-state index contributed by atoms with van der Waals surface area (Å²) in [4.78, 5) is 15.3. The van der Waals surface area contributed by atoms with E-state index in [0.29, 0.717) is 17.2 Å². The molecule has 5 heteroatoms. The molecular formula is C26H26N2O3. The lowest BCUT2D eigenvalue weighted by Crippen LogP contribution is -2.31. The molecule has 0 spiro atoms. The molecule has 0 unspecified atom stereocenters. The summed E-state index contributed by atoms with van der Waals surface area (Å²) in [6, 6.07) is 21.2. The zero-order valence-electron chi connectivity index (χ0n) is 18.2. The molecule has 1 aliphatic heterocycles. The Hall–Kier alpha value is -3.73. The van der Waals surface area contributed by atoms with E-state index in [9.17, 15) is 4.79 Å². The van der Waals surface area contributed by atoms with Gasteiger partial charge in [0.1, 0.15) is 17.2 Å². The first-order valence-electron chi connectivity index (χ1n) is 10.2. The van der Waals surface area contributed by atoms with Crippen LogP contribution in [0.2, 0.25) is 0 Å². The topological polar surface area (TPSA) is 50.8 Å². The van der Waals surface area contributed by atoms with Gasteiger partial charge in [-0.1, -0.05) is 35.4 Å². The van der Waals surface area contributed by atoms with Crippen molar-refractivity contribution in [3.8, 4) is 11.5 Å². The van der Waals surface area contributed by atoms with E-state index >= 15 is 0 Å². The number of methoxy groups -OCH3 is 2. The van der Waals surface area contributed by atoms with E-state index < -0.39 is 0 Å².